The molecule has 1 aliphatic heterocycles. The predicted octanol–water partition coefficient (Wildman–Crippen LogP) is 3.46. The SMILES string of the molecule is CC(C)[C@H](NC(=O)[C@H](C)N(C)C(=O)OC(C)(C)C)C(=O)N1CSC[C@H]1C(=O)N[C@@H]1CCCC2CC=CC=C21. The van der Waals surface area contributed by atoms with Gasteiger partial charge in [-0.2, -0.15) is 0 Å². The molecule has 1 saturated heterocycles. The van der Waals surface area contributed by atoms with Gasteiger partial charge in [0.25, 0.3) is 0 Å². The highest BCUT2D eigenvalue weighted by molar-refractivity contribution is 7.99. The van der Waals surface area contributed by atoms with Crippen LogP contribution in [0, 0.1) is 11.8 Å². The Kier molecular flexibility index (Phi) is 9.95. The first-order valence-electron chi connectivity index (χ1n) is 13.6. The second-order valence-corrected chi connectivity index (χ2v) is 12.8. The van der Waals surface area contributed by atoms with E-state index in [0.717, 1.165) is 25.7 Å². The first-order valence-corrected chi connectivity index (χ1v) is 14.8. The molecule has 0 aromatic heterocycles. The van der Waals surface area contributed by atoms with Gasteiger partial charge in [0.05, 0.1) is 11.9 Å². The zero-order valence-corrected chi connectivity index (χ0v) is 24.6. The molecule has 4 amide bonds. The van der Waals surface area contributed by atoms with Gasteiger partial charge < -0.3 is 20.3 Å². The topological polar surface area (TPSA) is 108 Å². The largest absolute Gasteiger partial charge is 0.444 e. The van der Waals surface area contributed by atoms with Crippen LogP contribution in [0.15, 0.2) is 23.8 Å². The summed E-state index contributed by atoms with van der Waals surface area (Å²) in [5.74, 6) is 0.298. The lowest BCUT2D eigenvalue weighted by Crippen LogP contribution is -2.59. The Morgan fingerprint density at radius 3 is 2.53 bits per heavy atom. The summed E-state index contributed by atoms with van der Waals surface area (Å²) in [6.07, 6.45) is 9.89. The molecule has 0 bridgehead atoms. The van der Waals surface area contributed by atoms with Crippen molar-refractivity contribution in [2.75, 3.05) is 18.7 Å². The second kappa shape index (κ2) is 12.6. The van der Waals surface area contributed by atoms with Gasteiger partial charge in [-0.3, -0.25) is 19.3 Å². The molecular weight excluding hydrogens is 504 g/mol. The van der Waals surface area contributed by atoms with Crippen molar-refractivity contribution in [3.63, 3.8) is 0 Å². The summed E-state index contributed by atoms with van der Waals surface area (Å²) in [6.45, 7) is 10.6. The summed E-state index contributed by atoms with van der Waals surface area (Å²) < 4.78 is 5.36. The molecule has 1 heterocycles. The van der Waals surface area contributed by atoms with Crippen LogP contribution < -0.4 is 10.6 Å². The first kappa shape index (κ1) is 30.1. The molecule has 0 aromatic carbocycles. The minimum absolute atomic E-state index is 0.00130. The quantitative estimate of drug-likeness (QED) is 0.505. The minimum Gasteiger partial charge on any atom is -0.444 e. The van der Waals surface area contributed by atoms with Crippen molar-refractivity contribution >= 4 is 35.6 Å². The number of hydrogen-bond donors (Lipinski definition) is 2. The molecule has 5 atom stereocenters. The number of ether oxygens (including phenoxy) is 1. The number of thioether (sulfide) groups is 1. The Bertz CT molecular complexity index is 973. The summed E-state index contributed by atoms with van der Waals surface area (Å²) in [6, 6.07) is -2.26. The van der Waals surface area contributed by atoms with E-state index >= 15 is 0 Å². The van der Waals surface area contributed by atoms with Crippen LogP contribution in [0.3, 0.4) is 0 Å². The maximum atomic E-state index is 13.7. The number of allylic oxidation sites excluding steroid dienone is 3. The van der Waals surface area contributed by atoms with E-state index in [1.807, 2.05) is 13.8 Å². The summed E-state index contributed by atoms with van der Waals surface area (Å²) in [4.78, 5) is 55.4. The number of carbonyl (C=O) groups excluding carboxylic acids is 4. The summed E-state index contributed by atoms with van der Waals surface area (Å²) in [7, 11) is 1.50. The Labute approximate surface area is 231 Å². The summed E-state index contributed by atoms with van der Waals surface area (Å²) in [5, 5.41) is 6.06. The highest BCUT2D eigenvalue weighted by atomic mass is 32.2. The fourth-order valence-electron chi connectivity index (χ4n) is 5.05. The Morgan fingerprint density at radius 2 is 1.87 bits per heavy atom. The van der Waals surface area contributed by atoms with Crippen molar-refractivity contribution in [1.29, 1.82) is 0 Å². The van der Waals surface area contributed by atoms with Crippen molar-refractivity contribution in [2.45, 2.75) is 97.0 Å². The van der Waals surface area contributed by atoms with Crippen LogP contribution in [0.2, 0.25) is 0 Å². The molecule has 0 radical (unpaired) electrons. The zero-order chi connectivity index (χ0) is 28.2. The Balaban J connectivity index is 1.65. The molecule has 3 rings (SSSR count). The van der Waals surface area contributed by atoms with Crippen LogP contribution in [-0.4, -0.2) is 82.1 Å². The van der Waals surface area contributed by atoms with Crippen LogP contribution in [0.1, 0.15) is 67.2 Å². The lowest BCUT2D eigenvalue weighted by atomic mass is 9.77. The molecule has 2 aliphatic carbocycles. The van der Waals surface area contributed by atoms with Crippen LogP contribution in [0.5, 0.6) is 0 Å². The van der Waals surface area contributed by atoms with Gasteiger partial charge in [0.2, 0.25) is 17.7 Å². The molecule has 1 unspecified atom stereocenters. The van der Waals surface area contributed by atoms with E-state index in [9.17, 15) is 19.2 Å². The van der Waals surface area contributed by atoms with Crippen molar-refractivity contribution in [3.05, 3.63) is 23.8 Å². The number of likely N-dealkylation sites (N-methyl/N-ethyl adjacent to an activating group) is 1. The fourth-order valence-corrected chi connectivity index (χ4v) is 6.21. The Morgan fingerprint density at radius 1 is 1.16 bits per heavy atom. The molecule has 10 heteroatoms. The number of nitrogens with one attached hydrogen (secondary N) is 2. The van der Waals surface area contributed by atoms with Crippen molar-refractivity contribution in [1.82, 2.24) is 20.4 Å². The Hall–Kier alpha value is -2.49. The van der Waals surface area contributed by atoms with Gasteiger partial charge in [-0.25, -0.2) is 4.79 Å². The van der Waals surface area contributed by atoms with Crippen LogP contribution in [0.4, 0.5) is 4.79 Å². The molecule has 0 aromatic rings. The van der Waals surface area contributed by atoms with E-state index in [1.54, 1.807) is 32.6 Å². The minimum atomic E-state index is -0.844. The lowest BCUT2D eigenvalue weighted by molar-refractivity contribution is -0.142. The maximum absolute atomic E-state index is 13.7. The lowest BCUT2D eigenvalue weighted by Gasteiger charge is -2.36. The standard InChI is InChI=1S/C28H44N4O5S/c1-17(2)23(30-24(33)18(3)31(7)27(36)37-28(4,5)6)26(35)32-16-38-15-22(32)25(34)29-21-14-10-12-19-11-8-9-13-20(19)21/h8-9,13,17-19,21-23H,10-12,14-16H2,1-7H3,(H,29,34)(H,30,33)/t18-,19?,21+,22-,23-/m0/s1. The smallest absolute Gasteiger partial charge is 0.410 e. The molecule has 2 N–H and O–H groups in total. The molecular formula is C28H44N4O5S. The molecule has 2 fully saturated rings. The summed E-state index contributed by atoms with van der Waals surface area (Å²) >= 11 is 1.54. The second-order valence-electron chi connectivity index (χ2n) is 11.8. The third-order valence-electron chi connectivity index (χ3n) is 7.42. The number of fused-ring (bicyclic) bond motifs is 1. The van der Waals surface area contributed by atoms with E-state index in [4.69, 9.17) is 4.74 Å². The number of nitrogens with zero attached hydrogens (tertiary/aromatic N) is 2. The maximum Gasteiger partial charge on any atom is 0.410 e. The van der Waals surface area contributed by atoms with Gasteiger partial charge in [-0.15, -0.1) is 11.8 Å². The average molecular weight is 549 g/mol. The third kappa shape index (κ3) is 7.33. The molecule has 212 valence electrons. The van der Waals surface area contributed by atoms with Crippen molar-refractivity contribution < 1.29 is 23.9 Å². The highest BCUT2D eigenvalue weighted by Crippen LogP contribution is 2.35. The normalized spacial score (nSPS) is 24.7. The van der Waals surface area contributed by atoms with Crippen LogP contribution in [-0.2, 0) is 19.1 Å². The third-order valence-corrected chi connectivity index (χ3v) is 8.43. The number of hydrogen-bond acceptors (Lipinski definition) is 6. The van der Waals surface area contributed by atoms with E-state index in [-0.39, 0.29) is 23.8 Å². The van der Waals surface area contributed by atoms with Crippen molar-refractivity contribution in [3.8, 4) is 0 Å². The average Bonchev–Trinajstić information content (AvgIpc) is 3.35. The fraction of sp³-hybridized carbons (Fsp3) is 0.714. The monoisotopic (exact) mass is 548 g/mol. The molecule has 9 nitrogen and oxygen atoms in total. The van der Waals surface area contributed by atoms with E-state index in [2.05, 4.69) is 28.9 Å². The van der Waals surface area contributed by atoms with E-state index < -0.39 is 35.7 Å². The van der Waals surface area contributed by atoms with Crippen LogP contribution in [0.25, 0.3) is 0 Å². The van der Waals surface area contributed by atoms with Crippen LogP contribution >= 0.6 is 11.8 Å². The molecule has 3 aliphatic rings. The number of rotatable bonds is 7. The van der Waals surface area contributed by atoms with Gasteiger partial charge in [0.15, 0.2) is 0 Å². The van der Waals surface area contributed by atoms with Gasteiger partial charge in [0, 0.05) is 12.8 Å². The number of carbonyl (C=O) groups is 4. The predicted molar refractivity (Wildman–Crippen MR) is 149 cm³/mol. The highest BCUT2D eigenvalue weighted by Gasteiger charge is 2.41. The number of amides is 4. The van der Waals surface area contributed by atoms with E-state index in [0.29, 0.717) is 17.5 Å². The van der Waals surface area contributed by atoms with Gasteiger partial charge in [-0.1, -0.05) is 38.5 Å². The van der Waals surface area contributed by atoms with Crippen molar-refractivity contribution in [2.24, 2.45) is 11.8 Å². The van der Waals surface area contributed by atoms with E-state index in [1.165, 1.54) is 29.3 Å². The molecule has 38 heavy (non-hydrogen) atoms. The zero-order valence-electron chi connectivity index (χ0n) is 23.8. The van der Waals surface area contributed by atoms with Gasteiger partial charge in [0.1, 0.15) is 23.7 Å². The van der Waals surface area contributed by atoms with Gasteiger partial charge >= 0.3 is 6.09 Å². The first-order chi connectivity index (χ1) is 17.8. The van der Waals surface area contributed by atoms with Gasteiger partial charge in [-0.05, 0) is 64.4 Å². The summed E-state index contributed by atoms with van der Waals surface area (Å²) in [5.41, 5.74) is 0.593. The molecule has 0 spiro atoms. The molecule has 1 saturated carbocycles.